The molecule has 2 amide bonds. The number of carbonyl (C=O) groups is 2. The Hall–Kier alpha value is -2.35. The summed E-state index contributed by atoms with van der Waals surface area (Å²) in [4.78, 5) is 25.6. The fraction of sp³-hybridized carbons (Fsp3) is 0.0556. The number of ether oxygens (including phenoxy) is 1. The first-order valence-corrected chi connectivity index (χ1v) is 9.09. The van der Waals surface area contributed by atoms with Crippen LogP contribution < -0.4 is 15.4 Å². The van der Waals surface area contributed by atoms with Gasteiger partial charge in [-0.15, -0.1) is 0 Å². The van der Waals surface area contributed by atoms with Crippen molar-refractivity contribution in [3.63, 3.8) is 0 Å². The Morgan fingerprint density at radius 1 is 1.23 bits per heavy atom. The zero-order valence-electron chi connectivity index (χ0n) is 13.3. The molecule has 1 heterocycles. The van der Waals surface area contributed by atoms with Gasteiger partial charge in [0.25, 0.3) is 11.8 Å². The SMILES string of the molecule is NC(=O)COc1ccccc1/C=C1\SC(=S)N(c2ccc(Cl)cc2)C1=O. The van der Waals surface area contributed by atoms with Gasteiger partial charge in [-0.1, -0.05) is 53.8 Å². The van der Waals surface area contributed by atoms with Crippen molar-refractivity contribution < 1.29 is 14.3 Å². The van der Waals surface area contributed by atoms with Crippen molar-refractivity contribution in [2.45, 2.75) is 0 Å². The van der Waals surface area contributed by atoms with E-state index < -0.39 is 5.91 Å². The van der Waals surface area contributed by atoms with Gasteiger partial charge >= 0.3 is 0 Å². The smallest absolute Gasteiger partial charge is 0.270 e. The largest absolute Gasteiger partial charge is 0.483 e. The molecule has 1 aliphatic rings. The minimum atomic E-state index is -0.575. The van der Waals surface area contributed by atoms with E-state index in [2.05, 4.69) is 0 Å². The zero-order chi connectivity index (χ0) is 18.7. The molecule has 0 unspecified atom stereocenters. The third-order valence-electron chi connectivity index (χ3n) is 3.45. The molecule has 0 atom stereocenters. The number of anilines is 1. The molecule has 132 valence electrons. The molecule has 5 nitrogen and oxygen atoms in total. The molecule has 2 aromatic carbocycles. The summed E-state index contributed by atoms with van der Waals surface area (Å²) in [6.45, 7) is -0.239. The van der Waals surface area contributed by atoms with Gasteiger partial charge in [0, 0.05) is 10.6 Å². The van der Waals surface area contributed by atoms with Gasteiger partial charge in [-0.3, -0.25) is 14.5 Å². The normalized spacial score (nSPS) is 15.6. The van der Waals surface area contributed by atoms with Gasteiger partial charge in [-0.05, 0) is 36.4 Å². The van der Waals surface area contributed by atoms with Crippen LogP contribution in [0.25, 0.3) is 6.08 Å². The van der Waals surface area contributed by atoms with Crippen LogP contribution in [0.4, 0.5) is 5.69 Å². The number of nitrogens with two attached hydrogens (primary N) is 1. The van der Waals surface area contributed by atoms with Crippen molar-refractivity contribution >= 4 is 63.5 Å². The molecule has 1 saturated heterocycles. The third-order valence-corrected chi connectivity index (χ3v) is 5.01. The lowest BCUT2D eigenvalue weighted by Gasteiger charge is -2.14. The van der Waals surface area contributed by atoms with Gasteiger partial charge in [0.2, 0.25) is 0 Å². The Bertz CT molecular complexity index is 913. The Morgan fingerprint density at radius 3 is 2.62 bits per heavy atom. The molecular formula is C18H13ClN2O3S2. The van der Waals surface area contributed by atoms with Crippen molar-refractivity contribution in [3.05, 3.63) is 64.0 Å². The second-order valence-corrected chi connectivity index (χ2v) is 7.40. The van der Waals surface area contributed by atoms with Crippen LogP contribution >= 0.6 is 35.6 Å². The predicted molar refractivity (Wildman–Crippen MR) is 108 cm³/mol. The van der Waals surface area contributed by atoms with Gasteiger partial charge < -0.3 is 10.5 Å². The van der Waals surface area contributed by atoms with Gasteiger partial charge in [0.15, 0.2) is 10.9 Å². The summed E-state index contributed by atoms with van der Waals surface area (Å²) in [7, 11) is 0. The summed E-state index contributed by atoms with van der Waals surface area (Å²) in [5, 5.41) is 0.579. The average molecular weight is 405 g/mol. The monoisotopic (exact) mass is 404 g/mol. The number of primary amides is 1. The minimum Gasteiger partial charge on any atom is -0.483 e. The lowest BCUT2D eigenvalue weighted by Crippen LogP contribution is -2.27. The van der Waals surface area contributed by atoms with Crippen LogP contribution in [-0.2, 0) is 9.59 Å². The van der Waals surface area contributed by atoms with Crippen molar-refractivity contribution in [2.24, 2.45) is 5.73 Å². The van der Waals surface area contributed by atoms with Crippen molar-refractivity contribution in [3.8, 4) is 5.75 Å². The van der Waals surface area contributed by atoms with Gasteiger partial charge in [-0.25, -0.2) is 0 Å². The first-order valence-electron chi connectivity index (χ1n) is 7.49. The standard InChI is InChI=1S/C18H13ClN2O3S2/c19-12-5-7-13(8-6-12)21-17(23)15(26-18(21)25)9-11-3-1-2-4-14(11)24-10-16(20)22/h1-9H,10H2,(H2,20,22)/b15-9-. The lowest BCUT2D eigenvalue weighted by atomic mass is 10.2. The molecule has 26 heavy (non-hydrogen) atoms. The van der Waals surface area contributed by atoms with Crippen LogP contribution in [0.15, 0.2) is 53.4 Å². The second kappa shape index (κ2) is 7.90. The number of thiocarbonyl (C=S) groups is 1. The van der Waals surface area contributed by atoms with Crippen LogP contribution in [-0.4, -0.2) is 22.7 Å². The van der Waals surface area contributed by atoms with E-state index in [1.54, 1.807) is 48.5 Å². The fourth-order valence-electron chi connectivity index (χ4n) is 2.30. The van der Waals surface area contributed by atoms with E-state index >= 15 is 0 Å². The molecule has 0 radical (unpaired) electrons. The molecule has 0 saturated carbocycles. The number of halogens is 1. The first kappa shape index (κ1) is 18.4. The van der Waals surface area contributed by atoms with E-state index in [-0.39, 0.29) is 12.5 Å². The Labute approximate surface area is 164 Å². The molecule has 1 aliphatic heterocycles. The summed E-state index contributed by atoms with van der Waals surface area (Å²) in [6.07, 6.45) is 1.69. The van der Waals surface area contributed by atoms with Crippen molar-refractivity contribution in [2.75, 3.05) is 11.5 Å². The number of hydrogen-bond donors (Lipinski definition) is 1. The molecular weight excluding hydrogens is 392 g/mol. The Kier molecular flexibility index (Phi) is 5.61. The number of carbonyl (C=O) groups excluding carboxylic acids is 2. The number of hydrogen-bond acceptors (Lipinski definition) is 5. The van der Waals surface area contributed by atoms with Crippen molar-refractivity contribution in [1.82, 2.24) is 0 Å². The summed E-state index contributed by atoms with van der Waals surface area (Å²) in [5.74, 6) is -0.344. The maximum Gasteiger partial charge on any atom is 0.270 e. The molecule has 2 aromatic rings. The average Bonchev–Trinajstić information content (AvgIpc) is 2.89. The molecule has 0 bridgehead atoms. The highest BCUT2D eigenvalue weighted by Gasteiger charge is 2.33. The molecule has 2 N–H and O–H groups in total. The summed E-state index contributed by atoms with van der Waals surface area (Å²) in [5.41, 5.74) is 6.43. The van der Waals surface area contributed by atoms with E-state index in [1.165, 1.54) is 16.7 Å². The highest BCUT2D eigenvalue weighted by molar-refractivity contribution is 8.27. The second-order valence-electron chi connectivity index (χ2n) is 5.29. The molecule has 0 aliphatic carbocycles. The lowest BCUT2D eigenvalue weighted by molar-refractivity contribution is -0.120. The van der Waals surface area contributed by atoms with E-state index in [0.717, 1.165) is 0 Å². The number of nitrogens with zero attached hydrogens (tertiary/aromatic N) is 1. The Balaban J connectivity index is 1.89. The quantitative estimate of drug-likeness (QED) is 0.608. The summed E-state index contributed by atoms with van der Waals surface area (Å²) >= 11 is 12.4. The maximum absolute atomic E-state index is 12.8. The fourth-order valence-corrected chi connectivity index (χ4v) is 3.72. The molecule has 3 rings (SSSR count). The Morgan fingerprint density at radius 2 is 1.92 bits per heavy atom. The number of rotatable bonds is 5. The van der Waals surface area contributed by atoms with Crippen molar-refractivity contribution in [1.29, 1.82) is 0 Å². The van der Waals surface area contributed by atoms with Gasteiger partial charge in [-0.2, -0.15) is 0 Å². The summed E-state index contributed by atoms with van der Waals surface area (Å²) < 4.78 is 5.82. The molecule has 0 spiro atoms. The molecule has 0 aromatic heterocycles. The van der Waals surface area contributed by atoms with E-state index in [1.807, 2.05) is 6.07 Å². The number of amides is 2. The van der Waals surface area contributed by atoms with E-state index in [4.69, 9.17) is 34.3 Å². The van der Waals surface area contributed by atoms with Gasteiger partial charge in [0.1, 0.15) is 5.75 Å². The van der Waals surface area contributed by atoms with E-state index in [0.29, 0.717) is 31.2 Å². The van der Waals surface area contributed by atoms with Crippen LogP contribution in [0.2, 0.25) is 5.02 Å². The number of para-hydroxylation sites is 1. The van der Waals surface area contributed by atoms with Crippen LogP contribution in [0.1, 0.15) is 5.56 Å². The number of thioether (sulfide) groups is 1. The maximum atomic E-state index is 12.8. The van der Waals surface area contributed by atoms with E-state index in [9.17, 15) is 9.59 Å². The van der Waals surface area contributed by atoms with Crippen LogP contribution in [0.5, 0.6) is 5.75 Å². The highest BCUT2D eigenvalue weighted by atomic mass is 35.5. The molecule has 8 heteroatoms. The third kappa shape index (κ3) is 4.07. The van der Waals surface area contributed by atoms with Gasteiger partial charge in [0.05, 0.1) is 10.6 Å². The highest BCUT2D eigenvalue weighted by Crippen LogP contribution is 2.37. The molecule has 1 fully saturated rings. The van der Waals surface area contributed by atoms with Crippen LogP contribution in [0, 0.1) is 0 Å². The minimum absolute atomic E-state index is 0.230. The zero-order valence-corrected chi connectivity index (χ0v) is 15.7. The number of benzene rings is 2. The topological polar surface area (TPSA) is 72.6 Å². The van der Waals surface area contributed by atoms with Crippen LogP contribution in [0.3, 0.4) is 0 Å². The predicted octanol–water partition coefficient (Wildman–Crippen LogP) is 3.61. The first-order chi connectivity index (χ1) is 12.5. The summed E-state index contributed by atoms with van der Waals surface area (Å²) in [6, 6.07) is 13.9.